The van der Waals surface area contributed by atoms with Crippen LogP contribution in [0.2, 0.25) is 0 Å². The number of rotatable bonds is 3. The van der Waals surface area contributed by atoms with Crippen LogP contribution in [0.5, 0.6) is 0 Å². The minimum Gasteiger partial charge on any atom is -0.385 e. The van der Waals surface area contributed by atoms with Crippen LogP contribution in [0.1, 0.15) is 18.1 Å². The summed E-state index contributed by atoms with van der Waals surface area (Å²) in [5, 5.41) is 11.7. The zero-order valence-electron chi connectivity index (χ0n) is 11.8. The van der Waals surface area contributed by atoms with Crippen LogP contribution in [0.4, 0.5) is 4.39 Å². The summed E-state index contributed by atoms with van der Waals surface area (Å²) in [5.74, 6) is -0.295. The normalized spacial score (nSPS) is 14.0. The number of aromatic nitrogens is 1. The van der Waals surface area contributed by atoms with Gasteiger partial charge in [0.05, 0.1) is 11.1 Å². The van der Waals surface area contributed by atoms with E-state index in [1.165, 1.54) is 6.07 Å². The van der Waals surface area contributed by atoms with Gasteiger partial charge in [-0.1, -0.05) is 36.4 Å². The highest BCUT2D eigenvalue weighted by atomic mass is 19.1. The van der Waals surface area contributed by atoms with Crippen LogP contribution < -0.4 is 0 Å². The molecule has 0 bridgehead atoms. The number of halogens is 1. The lowest BCUT2D eigenvalue weighted by atomic mass is 9.88. The molecule has 2 nitrogen and oxygen atoms in total. The van der Waals surface area contributed by atoms with Crippen LogP contribution in [0, 0.1) is 5.82 Å². The summed E-state index contributed by atoms with van der Waals surface area (Å²) in [4.78, 5) is 4.29. The molecule has 1 atom stereocenters. The monoisotopic (exact) mass is 281 g/mol. The fourth-order valence-corrected chi connectivity index (χ4v) is 2.52. The van der Waals surface area contributed by atoms with Gasteiger partial charge in [0.15, 0.2) is 0 Å². The second-order valence-corrected chi connectivity index (χ2v) is 5.45. The maximum Gasteiger partial charge on any atom is 0.126 e. The molecule has 1 heterocycles. The van der Waals surface area contributed by atoms with E-state index in [9.17, 15) is 9.50 Å². The Kier molecular flexibility index (Phi) is 3.43. The SMILES string of the molecule is CC(O)(Cc1ccccc1F)c1ccc2cccnc2c1. The maximum atomic E-state index is 13.8. The minimum absolute atomic E-state index is 0.220. The Hall–Kier alpha value is -2.26. The molecule has 1 unspecified atom stereocenters. The smallest absolute Gasteiger partial charge is 0.126 e. The summed E-state index contributed by atoms with van der Waals surface area (Å²) in [5.41, 5.74) is 0.915. The summed E-state index contributed by atoms with van der Waals surface area (Å²) in [6, 6.07) is 16.0. The molecule has 3 heteroatoms. The first kappa shape index (κ1) is 13.7. The van der Waals surface area contributed by atoms with Crippen molar-refractivity contribution >= 4 is 10.9 Å². The highest BCUT2D eigenvalue weighted by Crippen LogP contribution is 2.28. The van der Waals surface area contributed by atoms with Gasteiger partial charge in [-0.05, 0) is 36.2 Å². The van der Waals surface area contributed by atoms with Crippen molar-refractivity contribution in [2.45, 2.75) is 18.9 Å². The Morgan fingerprint density at radius 2 is 1.90 bits per heavy atom. The van der Waals surface area contributed by atoms with E-state index >= 15 is 0 Å². The predicted octanol–water partition coefficient (Wildman–Crippen LogP) is 3.82. The molecule has 0 aliphatic carbocycles. The lowest BCUT2D eigenvalue weighted by Gasteiger charge is -2.24. The highest BCUT2D eigenvalue weighted by molar-refractivity contribution is 5.79. The van der Waals surface area contributed by atoms with E-state index < -0.39 is 5.60 Å². The summed E-state index contributed by atoms with van der Waals surface area (Å²) in [6.45, 7) is 1.70. The fourth-order valence-electron chi connectivity index (χ4n) is 2.52. The van der Waals surface area contributed by atoms with Crippen molar-refractivity contribution in [1.82, 2.24) is 4.98 Å². The number of aliphatic hydroxyl groups is 1. The molecule has 0 spiro atoms. The molecule has 0 aliphatic rings. The summed E-state index contributed by atoms with van der Waals surface area (Å²) >= 11 is 0. The lowest BCUT2D eigenvalue weighted by molar-refractivity contribution is 0.0568. The van der Waals surface area contributed by atoms with Crippen molar-refractivity contribution in [3.05, 3.63) is 77.7 Å². The molecule has 1 aromatic heterocycles. The van der Waals surface area contributed by atoms with E-state index in [0.717, 1.165) is 16.5 Å². The number of hydrogen-bond acceptors (Lipinski definition) is 2. The van der Waals surface area contributed by atoms with Crippen LogP contribution in [-0.2, 0) is 12.0 Å². The summed E-state index contributed by atoms with van der Waals surface area (Å²) < 4.78 is 13.8. The minimum atomic E-state index is -1.14. The molecule has 3 aromatic rings. The third kappa shape index (κ3) is 2.78. The Bertz CT molecular complexity index is 783. The number of hydrogen-bond donors (Lipinski definition) is 1. The van der Waals surface area contributed by atoms with Crippen molar-refractivity contribution in [3.63, 3.8) is 0 Å². The van der Waals surface area contributed by atoms with Gasteiger partial charge >= 0.3 is 0 Å². The lowest BCUT2D eigenvalue weighted by Crippen LogP contribution is -2.24. The van der Waals surface area contributed by atoms with Crippen LogP contribution in [0.15, 0.2) is 60.8 Å². The van der Waals surface area contributed by atoms with Gasteiger partial charge in [-0.3, -0.25) is 4.98 Å². The average Bonchev–Trinajstić information content (AvgIpc) is 2.49. The van der Waals surface area contributed by atoms with Crippen molar-refractivity contribution in [2.75, 3.05) is 0 Å². The molecule has 106 valence electrons. The largest absolute Gasteiger partial charge is 0.385 e. The summed E-state index contributed by atoms with van der Waals surface area (Å²) in [6.07, 6.45) is 1.94. The fraction of sp³-hybridized carbons (Fsp3) is 0.167. The third-order valence-electron chi connectivity index (χ3n) is 3.72. The second kappa shape index (κ2) is 5.26. The maximum absolute atomic E-state index is 13.8. The number of fused-ring (bicyclic) bond motifs is 1. The van der Waals surface area contributed by atoms with Crippen LogP contribution in [0.25, 0.3) is 10.9 Å². The second-order valence-electron chi connectivity index (χ2n) is 5.45. The first-order chi connectivity index (χ1) is 10.1. The van der Waals surface area contributed by atoms with Gasteiger partial charge in [0, 0.05) is 18.0 Å². The Morgan fingerprint density at radius 1 is 1.10 bits per heavy atom. The van der Waals surface area contributed by atoms with Gasteiger partial charge in [-0.15, -0.1) is 0 Å². The van der Waals surface area contributed by atoms with E-state index in [-0.39, 0.29) is 12.2 Å². The van der Waals surface area contributed by atoms with E-state index in [1.54, 1.807) is 31.3 Å². The average molecular weight is 281 g/mol. The molecule has 0 fully saturated rings. The Morgan fingerprint density at radius 3 is 2.71 bits per heavy atom. The first-order valence-electron chi connectivity index (χ1n) is 6.87. The zero-order valence-corrected chi connectivity index (χ0v) is 11.8. The van der Waals surface area contributed by atoms with Gasteiger partial charge in [-0.2, -0.15) is 0 Å². The molecule has 0 amide bonds. The Balaban J connectivity index is 1.97. The molecule has 0 saturated carbocycles. The standard InChI is InChI=1S/C18H16FNO/c1-18(21,12-14-5-2-3-7-16(14)19)15-9-8-13-6-4-10-20-17(13)11-15/h2-11,21H,12H2,1H3. The van der Waals surface area contributed by atoms with Gasteiger partial charge < -0.3 is 5.11 Å². The van der Waals surface area contributed by atoms with E-state index in [0.29, 0.717) is 5.56 Å². The molecule has 0 saturated heterocycles. The van der Waals surface area contributed by atoms with Gasteiger partial charge in [0.1, 0.15) is 5.82 Å². The van der Waals surface area contributed by atoms with E-state index in [4.69, 9.17) is 0 Å². The zero-order chi connectivity index (χ0) is 14.9. The summed E-state index contributed by atoms with van der Waals surface area (Å²) in [7, 11) is 0. The topological polar surface area (TPSA) is 33.1 Å². The predicted molar refractivity (Wildman–Crippen MR) is 81.4 cm³/mol. The van der Waals surface area contributed by atoms with Crippen LogP contribution in [-0.4, -0.2) is 10.1 Å². The van der Waals surface area contributed by atoms with Crippen LogP contribution >= 0.6 is 0 Å². The van der Waals surface area contributed by atoms with Gasteiger partial charge in [0.25, 0.3) is 0 Å². The highest BCUT2D eigenvalue weighted by Gasteiger charge is 2.25. The van der Waals surface area contributed by atoms with Crippen molar-refractivity contribution in [3.8, 4) is 0 Å². The number of benzene rings is 2. The molecule has 2 aromatic carbocycles. The number of pyridine rings is 1. The van der Waals surface area contributed by atoms with Crippen molar-refractivity contribution in [1.29, 1.82) is 0 Å². The van der Waals surface area contributed by atoms with Gasteiger partial charge in [0.2, 0.25) is 0 Å². The number of nitrogens with zero attached hydrogens (tertiary/aromatic N) is 1. The quantitative estimate of drug-likeness (QED) is 0.791. The van der Waals surface area contributed by atoms with Crippen molar-refractivity contribution in [2.24, 2.45) is 0 Å². The molecule has 3 rings (SSSR count). The molecule has 21 heavy (non-hydrogen) atoms. The first-order valence-corrected chi connectivity index (χ1v) is 6.87. The molecular weight excluding hydrogens is 265 g/mol. The molecule has 0 aliphatic heterocycles. The molecule has 1 N–H and O–H groups in total. The van der Waals surface area contributed by atoms with E-state index in [1.807, 2.05) is 30.3 Å². The van der Waals surface area contributed by atoms with Gasteiger partial charge in [-0.25, -0.2) is 4.39 Å². The molecule has 0 radical (unpaired) electrons. The van der Waals surface area contributed by atoms with E-state index in [2.05, 4.69) is 4.98 Å². The Labute approximate surface area is 122 Å². The van der Waals surface area contributed by atoms with Crippen molar-refractivity contribution < 1.29 is 9.50 Å². The molecular formula is C18H16FNO. The van der Waals surface area contributed by atoms with Crippen LogP contribution in [0.3, 0.4) is 0 Å². The third-order valence-corrected chi connectivity index (χ3v) is 3.72.